The van der Waals surface area contributed by atoms with Crippen molar-refractivity contribution in [2.24, 2.45) is 5.92 Å². The number of aryl methyl sites for hydroxylation is 1. The van der Waals surface area contributed by atoms with E-state index in [1.165, 1.54) is 34.2 Å². The van der Waals surface area contributed by atoms with Crippen molar-refractivity contribution in [3.8, 4) is 6.01 Å². The molecule has 3 aromatic rings. The number of hydrogen-bond acceptors (Lipinski definition) is 7. The minimum atomic E-state index is -0.697. The van der Waals surface area contributed by atoms with Gasteiger partial charge in [-0.3, -0.25) is 4.79 Å². The second-order valence-corrected chi connectivity index (χ2v) is 11.1. The molecule has 10 heteroatoms. The van der Waals surface area contributed by atoms with E-state index in [1.807, 2.05) is 0 Å². The summed E-state index contributed by atoms with van der Waals surface area (Å²) in [6.07, 6.45) is 3.23. The van der Waals surface area contributed by atoms with Gasteiger partial charge in [0, 0.05) is 54.8 Å². The third-order valence-corrected chi connectivity index (χ3v) is 8.33. The van der Waals surface area contributed by atoms with Crippen molar-refractivity contribution in [3.63, 3.8) is 0 Å². The van der Waals surface area contributed by atoms with Crippen LogP contribution in [0.2, 0.25) is 0 Å². The monoisotopic (exact) mass is 570 g/mol. The van der Waals surface area contributed by atoms with Crippen molar-refractivity contribution in [2.45, 2.75) is 25.9 Å². The Balaban J connectivity index is 1.32. The Morgan fingerprint density at radius 2 is 2.00 bits per heavy atom. The zero-order valence-corrected chi connectivity index (χ0v) is 23.8. The fourth-order valence-electron chi connectivity index (χ4n) is 6.10. The Morgan fingerprint density at radius 1 is 1.17 bits per heavy atom. The number of piperazine rings is 1. The summed E-state index contributed by atoms with van der Waals surface area (Å²) in [5, 5.41) is 2.47. The van der Waals surface area contributed by atoms with Crippen molar-refractivity contribution in [2.75, 3.05) is 69.0 Å². The third-order valence-electron chi connectivity index (χ3n) is 8.33. The first-order valence-corrected chi connectivity index (χ1v) is 14.5. The number of carbonyl (C=O) groups is 1. The van der Waals surface area contributed by atoms with Crippen molar-refractivity contribution in [3.05, 3.63) is 76.8 Å². The number of halogens is 1. The molecule has 0 saturated carbocycles. The van der Waals surface area contributed by atoms with Gasteiger partial charge in [0.1, 0.15) is 18.5 Å². The fraction of sp³-hybridized carbons (Fsp3) is 0.438. The summed E-state index contributed by atoms with van der Waals surface area (Å²) >= 11 is 0. The van der Waals surface area contributed by atoms with Crippen LogP contribution >= 0.6 is 0 Å². The molecule has 3 aliphatic rings. The van der Waals surface area contributed by atoms with Crippen LogP contribution in [0.4, 0.5) is 15.9 Å². The van der Waals surface area contributed by atoms with Gasteiger partial charge in [0.25, 0.3) is 0 Å². The molecule has 4 heterocycles. The number of anilines is 2. The minimum absolute atomic E-state index is 0.165. The highest BCUT2D eigenvalue weighted by Crippen LogP contribution is 2.36. The number of alkyl halides is 1. The van der Waals surface area contributed by atoms with Gasteiger partial charge in [-0.05, 0) is 36.4 Å². The lowest BCUT2D eigenvalue weighted by Crippen LogP contribution is -2.56. The second kappa shape index (κ2) is 12.3. The van der Waals surface area contributed by atoms with Crippen molar-refractivity contribution in [1.29, 1.82) is 0 Å². The molecule has 2 aromatic carbocycles. The first-order valence-electron chi connectivity index (χ1n) is 14.5. The van der Waals surface area contributed by atoms with Gasteiger partial charge in [-0.1, -0.05) is 30.3 Å². The minimum Gasteiger partial charge on any atom is -0.463 e. The molecule has 0 aliphatic carbocycles. The number of amides is 1. The topological polar surface area (TPSA) is 75.4 Å². The fourth-order valence-corrected chi connectivity index (χ4v) is 6.10. The number of fused-ring (bicyclic) bond motifs is 2. The summed E-state index contributed by atoms with van der Waals surface area (Å²) < 4.78 is 24.1. The zero-order chi connectivity index (χ0) is 29.1. The van der Waals surface area contributed by atoms with Crippen LogP contribution in [0, 0.1) is 19.4 Å². The summed E-state index contributed by atoms with van der Waals surface area (Å²) in [5.74, 6) is 0.881. The van der Waals surface area contributed by atoms with Crippen LogP contribution in [-0.2, 0) is 22.5 Å². The van der Waals surface area contributed by atoms with Crippen LogP contribution in [0.25, 0.3) is 15.6 Å². The largest absolute Gasteiger partial charge is 0.463 e. The Hall–Kier alpha value is -4.23. The summed E-state index contributed by atoms with van der Waals surface area (Å²) in [5.41, 5.74) is 4.45. The van der Waals surface area contributed by atoms with Crippen LogP contribution < -0.4 is 14.5 Å². The van der Waals surface area contributed by atoms with E-state index in [9.17, 15) is 9.18 Å². The molecule has 42 heavy (non-hydrogen) atoms. The number of ether oxygens (including phenoxy) is 2. The smallest absolute Gasteiger partial charge is 0.318 e. The summed E-state index contributed by atoms with van der Waals surface area (Å²) in [4.78, 5) is 32.4. The third kappa shape index (κ3) is 5.61. The lowest BCUT2D eigenvalue weighted by Gasteiger charge is -2.41. The summed E-state index contributed by atoms with van der Waals surface area (Å²) in [7, 11) is 0. The number of allylic oxidation sites excluding steroid dienone is 1. The summed E-state index contributed by atoms with van der Waals surface area (Å²) in [6, 6.07) is 12.8. The first kappa shape index (κ1) is 27.9. The van der Waals surface area contributed by atoms with Crippen molar-refractivity contribution in [1.82, 2.24) is 14.9 Å². The van der Waals surface area contributed by atoms with Crippen LogP contribution in [0.15, 0.2) is 48.6 Å². The maximum atomic E-state index is 12.7. The van der Waals surface area contributed by atoms with E-state index < -0.39 is 6.67 Å². The molecule has 6 rings (SSSR count). The standard InChI is InChI=1S/C32H35FN6O3/c1-22-6-3-7-24-8-4-9-28(30(22)24)37-13-11-26-27(18-37)35-32(42-21-23-19-41-20-23)36-31(26)38-14-15-39(25(17-38)16-34-2)29(40)10-5-12-33/h3-10,23,25H,11-21H2,1H3/b10-5+/t25-/m0/s1. The molecule has 9 nitrogen and oxygen atoms in total. The molecule has 0 unspecified atom stereocenters. The van der Waals surface area contributed by atoms with Gasteiger partial charge in [0.15, 0.2) is 0 Å². The van der Waals surface area contributed by atoms with Gasteiger partial charge in [-0.15, -0.1) is 0 Å². The molecule has 1 aromatic heterocycles. The molecular weight excluding hydrogens is 535 g/mol. The average molecular weight is 571 g/mol. The van der Waals surface area contributed by atoms with Gasteiger partial charge in [-0.25, -0.2) is 11.0 Å². The van der Waals surface area contributed by atoms with Gasteiger partial charge in [0.2, 0.25) is 12.5 Å². The second-order valence-electron chi connectivity index (χ2n) is 11.1. The van der Waals surface area contributed by atoms with Crippen molar-refractivity contribution >= 4 is 28.2 Å². The Bertz CT molecular complexity index is 1530. The number of nitrogens with zero attached hydrogens (tertiary/aromatic N) is 6. The van der Waals surface area contributed by atoms with Crippen LogP contribution in [-0.4, -0.2) is 86.0 Å². The van der Waals surface area contributed by atoms with E-state index in [0.717, 1.165) is 30.0 Å². The lowest BCUT2D eigenvalue weighted by atomic mass is 9.99. The Morgan fingerprint density at radius 3 is 2.76 bits per heavy atom. The van der Waals surface area contributed by atoms with Gasteiger partial charge in [0.05, 0.1) is 32.1 Å². The van der Waals surface area contributed by atoms with Gasteiger partial charge >= 0.3 is 6.01 Å². The van der Waals surface area contributed by atoms with E-state index in [4.69, 9.17) is 26.0 Å². The average Bonchev–Trinajstić information content (AvgIpc) is 2.98. The molecule has 0 radical (unpaired) electrons. The number of hydrogen-bond donors (Lipinski definition) is 0. The van der Waals surface area contributed by atoms with E-state index >= 15 is 0 Å². The van der Waals surface area contributed by atoms with Crippen molar-refractivity contribution < 1.29 is 18.7 Å². The molecule has 2 fully saturated rings. The van der Waals surface area contributed by atoms with Crippen LogP contribution in [0.5, 0.6) is 6.01 Å². The summed E-state index contributed by atoms with van der Waals surface area (Å²) in [6.45, 7) is 13.8. The molecule has 0 spiro atoms. The highest BCUT2D eigenvalue weighted by molar-refractivity contribution is 5.97. The number of aromatic nitrogens is 2. The zero-order valence-electron chi connectivity index (χ0n) is 23.8. The van der Waals surface area contributed by atoms with Gasteiger partial charge in [-0.2, -0.15) is 9.97 Å². The predicted molar refractivity (Wildman–Crippen MR) is 160 cm³/mol. The first-order chi connectivity index (χ1) is 20.6. The molecule has 218 valence electrons. The molecule has 2 saturated heterocycles. The number of carbonyl (C=O) groups excluding carboxylic acids is 1. The van der Waals surface area contributed by atoms with E-state index in [2.05, 4.69) is 58.0 Å². The number of benzene rings is 2. The number of rotatable bonds is 8. The molecule has 0 N–H and O–H groups in total. The molecule has 0 bridgehead atoms. The maximum absolute atomic E-state index is 12.7. The highest BCUT2D eigenvalue weighted by atomic mass is 19.1. The Kier molecular flexibility index (Phi) is 8.20. The molecular formula is C32H35FN6O3. The normalized spacial score (nSPS) is 19.1. The highest BCUT2D eigenvalue weighted by Gasteiger charge is 2.35. The van der Waals surface area contributed by atoms with E-state index in [0.29, 0.717) is 57.9 Å². The van der Waals surface area contributed by atoms with E-state index in [-0.39, 0.29) is 18.5 Å². The molecule has 3 aliphatic heterocycles. The van der Waals surface area contributed by atoms with Gasteiger partial charge < -0.3 is 29.0 Å². The van der Waals surface area contributed by atoms with Crippen LogP contribution in [0.1, 0.15) is 16.8 Å². The quantitative estimate of drug-likeness (QED) is 0.300. The molecule has 1 amide bonds. The van der Waals surface area contributed by atoms with Crippen LogP contribution in [0.3, 0.4) is 0 Å². The predicted octanol–water partition coefficient (Wildman–Crippen LogP) is 3.99. The molecule has 1 atom stereocenters. The van der Waals surface area contributed by atoms with E-state index in [1.54, 1.807) is 4.90 Å². The maximum Gasteiger partial charge on any atom is 0.318 e. The SMILES string of the molecule is [C-]#[N+]C[C@H]1CN(c2nc(OCC3COC3)nc3c2CCN(c2cccc4cccc(C)c24)C3)CCN1C(=O)/C=C/CF. The lowest BCUT2D eigenvalue weighted by molar-refractivity contribution is -0.128. The Labute approximate surface area is 245 Å².